The zero-order chi connectivity index (χ0) is 13.8. The van der Waals surface area contributed by atoms with Crippen LogP contribution in [0.4, 0.5) is 0 Å². The number of hydrogen-bond donors (Lipinski definition) is 1. The first-order chi connectivity index (χ1) is 9.06. The molecule has 0 radical (unpaired) electrons. The Hall–Kier alpha value is -1.32. The topological polar surface area (TPSA) is 29.9 Å². The van der Waals surface area contributed by atoms with Crippen molar-refractivity contribution in [2.45, 2.75) is 39.4 Å². The molecule has 3 nitrogen and oxygen atoms in total. The van der Waals surface area contributed by atoms with Gasteiger partial charge in [-0.05, 0) is 44.5 Å². The Kier molecular flexibility index (Phi) is 4.61. The minimum atomic E-state index is 0.253. The van der Waals surface area contributed by atoms with Gasteiger partial charge in [0.25, 0.3) is 0 Å². The fraction of sp³-hybridized carbons (Fsp3) is 0.400. The highest BCUT2D eigenvalue weighted by Crippen LogP contribution is 2.17. The normalized spacial score (nSPS) is 12.9. The van der Waals surface area contributed by atoms with Crippen molar-refractivity contribution in [2.24, 2.45) is 0 Å². The van der Waals surface area contributed by atoms with Gasteiger partial charge in [-0.1, -0.05) is 23.7 Å². The van der Waals surface area contributed by atoms with Gasteiger partial charge < -0.3 is 5.32 Å². The standard InChI is InChI=1S/C15H20ClN3/c1-11(2)19-8-7-15(18-19)10-17-12(3)13-5-4-6-14(16)9-13/h4-9,11-12,17H,10H2,1-3H3. The molecule has 0 aliphatic heterocycles. The third-order valence-corrected chi connectivity index (χ3v) is 3.37. The van der Waals surface area contributed by atoms with Crippen molar-refractivity contribution < 1.29 is 0 Å². The lowest BCUT2D eigenvalue weighted by Gasteiger charge is -2.13. The molecule has 1 aromatic carbocycles. The number of hydrogen-bond acceptors (Lipinski definition) is 2. The molecule has 2 aromatic rings. The van der Waals surface area contributed by atoms with Gasteiger partial charge >= 0.3 is 0 Å². The molecule has 1 atom stereocenters. The summed E-state index contributed by atoms with van der Waals surface area (Å²) in [5.41, 5.74) is 2.25. The highest BCUT2D eigenvalue weighted by atomic mass is 35.5. The van der Waals surface area contributed by atoms with Gasteiger partial charge in [0, 0.05) is 29.8 Å². The van der Waals surface area contributed by atoms with E-state index in [1.54, 1.807) is 0 Å². The van der Waals surface area contributed by atoms with E-state index in [2.05, 4.69) is 43.3 Å². The number of nitrogens with zero attached hydrogens (tertiary/aromatic N) is 2. The van der Waals surface area contributed by atoms with Gasteiger partial charge in [0.05, 0.1) is 5.69 Å². The summed E-state index contributed by atoms with van der Waals surface area (Å²) in [5.74, 6) is 0. The van der Waals surface area contributed by atoms with E-state index in [1.165, 1.54) is 5.56 Å². The monoisotopic (exact) mass is 277 g/mol. The van der Waals surface area contributed by atoms with Gasteiger partial charge in [-0.25, -0.2) is 0 Å². The first-order valence-electron chi connectivity index (χ1n) is 6.59. The smallest absolute Gasteiger partial charge is 0.0762 e. The van der Waals surface area contributed by atoms with Crippen LogP contribution in [-0.4, -0.2) is 9.78 Å². The Labute approximate surface area is 119 Å². The lowest BCUT2D eigenvalue weighted by Crippen LogP contribution is -2.18. The maximum atomic E-state index is 6.00. The van der Waals surface area contributed by atoms with E-state index in [1.807, 2.05) is 29.1 Å². The summed E-state index contributed by atoms with van der Waals surface area (Å²) in [6.07, 6.45) is 2.02. The number of nitrogens with one attached hydrogen (secondary N) is 1. The molecule has 0 saturated heterocycles. The summed E-state index contributed by atoms with van der Waals surface area (Å²) in [5, 5.41) is 8.75. The Balaban J connectivity index is 1.94. The molecule has 0 saturated carbocycles. The van der Waals surface area contributed by atoms with E-state index in [4.69, 9.17) is 11.6 Å². The summed E-state index contributed by atoms with van der Waals surface area (Å²) in [6.45, 7) is 7.14. The Morgan fingerprint density at radius 1 is 1.26 bits per heavy atom. The maximum absolute atomic E-state index is 6.00. The van der Waals surface area contributed by atoms with Crippen LogP contribution < -0.4 is 5.32 Å². The Morgan fingerprint density at radius 2 is 2.05 bits per heavy atom. The van der Waals surface area contributed by atoms with Gasteiger partial charge in [-0.2, -0.15) is 5.10 Å². The molecule has 102 valence electrons. The molecule has 0 bridgehead atoms. The molecule has 1 heterocycles. The predicted octanol–water partition coefficient (Wildman–Crippen LogP) is 3.97. The van der Waals surface area contributed by atoms with Gasteiger partial charge in [0.15, 0.2) is 0 Å². The molecule has 1 N–H and O–H groups in total. The minimum absolute atomic E-state index is 0.253. The molecule has 0 amide bonds. The third-order valence-electron chi connectivity index (χ3n) is 3.13. The average molecular weight is 278 g/mol. The van der Waals surface area contributed by atoms with Crippen LogP contribution in [0.15, 0.2) is 36.5 Å². The summed E-state index contributed by atoms with van der Waals surface area (Å²) in [7, 11) is 0. The molecule has 1 unspecified atom stereocenters. The largest absolute Gasteiger partial charge is 0.304 e. The number of benzene rings is 1. The molecular weight excluding hydrogens is 258 g/mol. The van der Waals surface area contributed by atoms with Gasteiger partial charge in [-0.15, -0.1) is 0 Å². The molecule has 0 spiro atoms. The van der Waals surface area contributed by atoms with Crippen molar-refractivity contribution in [1.82, 2.24) is 15.1 Å². The summed E-state index contributed by atoms with van der Waals surface area (Å²) >= 11 is 6.00. The number of aromatic nitrogens is 2. The fourth-order valence-electron chi connectivity index (χ4n) is 1.91. The van der Waals surface area contributed by atoms with Crippen molar-refractivity contribution in [2.75, 3.05) is 0 Å². The zero-order valence-electron chi connectivity index (χ0n) is 11.6. The van der Waals surface area contributed by atoms with Crippen molar-refractivity contribution in [1.29, 1.82) is 0 Å². The molecule has 1 aromatic heterocycles. The predicted molar refractivity (Wildman–Crippen MR) is 79.3 cm³/mol. The maximum Gasteiger partial charge on any atom is 0.0762 e. The third kappa shape index (κ3) is 3.82. The molecule has 0 fully saturated rings. The van der Waals surface area contributed by atoms with Crippen LogP contribution >= 0.6 is 11.6 Å². The highest BCUT2D eigenvalue weighted by Gasteiger charge is 2.07. The minimum Gasteiger partial charge on any atom is -0.304 e. The van der Waals surface area contributed by atoms with E-state index in [9.17, 15) is 0 Å². The lowest BCUT2D eigenvalue weighted by atomic mass is 10.1. The van der Waals surface area contributed by atoms with Crippen molar-refractivity contribution in [3.8, 4) is 0 Å². The average Bonchev–Trinajstić information content (AvgIpc) is 2.85. The van der Waals surface area contributed by atoms with Crippen LogP contribution in [0.25, 0.3) is 0 Å². The summed E-state index contributed by atoms with van der Waals surface area (Å²) in [6, 6.07) is 10.6. The quantitative estimate of drug-likeness (QED) is 0.896. The molecule has 4 heteroatoms. The van der Waals surface area contributed by atoms with E-state index in [-0.39, 0.29) is 6.04 Å². The van der Waals surface area contributed by atoms with Crippen LogP contribution in [-0.2, 0) is 6.54 Å². The second kappa shape index (κ2) is 6.22. The van der Waals surface area contributed by atoms with E-state index in [0.29, 0.717) is 6.04 Å². The van der Waals surface area contributed by atoms with Crippen LogP contribution in [0.5, 0.6) is 0 Å². The van der Waals surface area contributed by atoms with Crippen molar-refractivity contribution >= 4 is 11.6 Å². The van der Waals surface area contributed by atoms with Gasteiger partial charge in [0.2, 0.25) is 0 Å². The van der Waals surface area contributed by atoms with E-state index < -0.39 is 0 Å². The second-order valence-electron chi connectivity index (χ2n) is 5.04. The van der Waals surface area contributed by atoms with Crippen LogP contribution in [0.1, 0.15) is 44.1 Å². The van der Waals surface area contributed by atoms with Gasteiger partial charge in [0.1, 0.15) is 0 Å². The first kappa shape index (κ1) is 14.1. The summed E-state index contributed by atoms with van der Waals surface area (Å²) in [4.78, 5) is 0. The Morgan fingerprint density at radius 3 is 2.68 bits per heavy atom. The molecule has 0 aliphatic rings. The first-order valence-corrected chi connectivity index (χ1v) is 6.97. The number of rotatable bonds is 5. The molecule has 2 rings (SSSR count). The molecular formula is C15H20ClN3. The SMILES string of the molecule is CC(NCc1ccn(C(C)C)n1)c1cccc(Cl)c1. The number of halogens is 1. The molecule has 0 aliphatic carbocycles. The van der Waals surface area contributed by atoms with Crippen LogP contribution in [0, 0.1) is 0 Å². The van der Waals surface area contributed by atoms with Crippen LogP contribution in [0.3, 0.4) is 0 Å². The van der Waals surface area contributed by atoms with Crippen LogP contribution in [0.2, 0.25) is 5.02 Å². The van der Waals surface area contributed by atoms with Gasteiger partial charge in [-0.3, -0.25) is 4.68 Å². The molecule has 19 heavy (non-hydrogen) atoms. The zero-order valence-corrected chi connectivity index (χ0v) is 12.4. The highest BCUT2D eigenvalue weighted by molar-refractivity contribution is 6.30. The van der Waals surface area contributed by atoms with Crippen molar-refractivity contribution in [3.63, 3.8) is 0 Å². The fourth-order valence-corrected chi connectivity index (χ4v) is 2.11. The lowest BCUT2D eigenvalue weighted by molar-refractivity contribution is 0.512. The van der Waals surface area contributed by atoms with E-state index in [0.717, 1.165) is 17.3 Å². The second-order valence-corrected chi connectivity index (χ2v) is 5.47. The Bertz CT molecular complexity index is 534. The summed E-state index contributed by atoms with van der Waals surface area (Å²) < 4.78 is 1.97. The van der Waals surface area contributed by atoms with E-state index >= 15 is 0 Å². The van der Waals surface area contributed by atoms with Crippen molar-refractivity contribution in [3.05, 3.63) is 52.8 Å².